The lowest BCUT2D eigenvalue weighted by Gasteiger charge is -2.40. The molecule has 0 aromatic carbocycles. The van der Waals surface area contributed by atoms with Crippen LogP contribution in [0, 0.1) is 5.41 Å². The van der Waals surface area contributed by atoms with Gasteiger partial charge in [-0.15, -0.1) is 0 Å². The Labute approximate surface area is 114 Å². The molecule has 19 heavy (non-hydrogen) atoms. The Morgan fingerprint density at radius 3 is 2.79 bits per heavy atom. The third-order valence-electron chi connectivity index (χ3n) is 4.14. The molecular formula is C14H23N3O2. The maximum absolute atomic E-state index is 12.5. The Kier molecular flexibility index (Phi) is 4.24. The molecule has 1 amide bonds. The Balaban J connectivity index is 2.06. The molecule has 0 radical (unpaired) electrons. The van der Waals surface area contributed by atoms with Crippen LogP contribution in [0.1, 0.15) is 44.3 Å². The second-order valence-corrected chi connectivity index (χ2v) is 5.38. The van der Waals surface area contributed by atoms with Gasteiger partial charge >= 0.3 is 0 Å². The van der Waals surface area contributed by atoms with Gasteiger partial charge in [0, 0.05) is 20.4 Å². The van der Waals surface area contributed by atoms with Crippen molar-refractivity contribution in [3.63, 3.8) is 0 Å². The number of ether oxygens (including phenoxy) is 1. The van der Waals surface area contributed by atoms with Crippen LogP contribution in [0.4, 0.5) is 0 Å². The fourth-order valence-electron chi connectivity index (χ4n) is 2.74. The van der Waals surface area contributed by atoms with Crippen molar-refractivity contribution in [2.24, 2.45) is 12.5 Å². The smallest absolute Gasteiger partial charge is 0.229 e. The van der Waals surface area contributed by atoms with E-state index >= 15 is 0 Å². The molecule has 0 bridgehead atoms. The van der Waals surface area contributed by atoms with Crippen LogP contribution in [0.2, 0.25) is 0 Å². The van der Waals surface area contributed by atoms with E-state index < -0.39 is 0 Å². The van der Waals surface area contributed by atoms with Crippen LogP contribution in [0.5, 0.6) is 0 Å². The SMILES string of the molecule is CC[C@H](NC(=O)C1(COC)CCC1)c1ccnn1C. The van der Waals surface area contributed by atoms with E-state index in [0.717, 1.165) is 31.4 Å². The molecule has 0 saturated heterocycles. The van der Waals surface area contributed by atoms with Gasteiger partial charge in [-0.3, -0.25) is 9.48 Å². The first kappa shape index (κ1) is 14.1. The largest absolute Gasteiger partial charge is 0.384 e. The van der Waals surface area contributed by atoms with Crippen LogP contribution in [0.3, 0.4) is 0 Å². The van der Waals surface area contributed by atoms with Crippen molar-refractivity contribution < 1.29 is 9.53 Å². The summed E-state index contributed by atoms with van der Waals surface area (Å²) in [6.45, 7) is 2.59. The van der Waals surface area contributed by atoms with Gasteiger partial charge in [-0.05, 0) is 25.3 Å². The van der Waals surface area contributed by atoms with Crippen LogP contribution < -0.4 is 5.32 Å². The molecule has 5 nitrogen and oxygen atoms in total. The van der Waals surface area contributed by atoms with Gasteiger partial charge in [-0.2, -0.15) is 5.10 Å². The third kappa shape index (κ3) is 2.66. The predicted molar refractivity (Wildman–Crippen MR) is 72.5 cm³/mol. The molecule has 106 valence electrons. The summed E-state index contributed by atoms with van der Waals surface area (Å²) in [5, 5.41) is 7.32. The summed E-state index contributed by atoms with van der Waals surface area (Å²) < 4.78 is 7.04. The van der Waals surface area contributed by atoms with E-state index in [-0.39, 0.29) is 17.4 Å². The van der Waals surface area contributed by atoms with Gasteiger partial charge in [-0.1, -0.05) is 13.3 Å². The van der Waals surface area contributed by atoms with Crippen molar-refractivity contribution in [1.82, 2.24) is 15.1 Å². The summed E-state index contributed by atoms with van der Waals surface area (Å²) in [4.78, 5) is 12.5. The van der Waals surface area contributed by atoms with E-state index in [2.05, 4.69) is 17.3 Å². The lowest BCUT2D eigenvalue weighted by atomic mass is 9.68. The molecule has 1 atom stereocenters. The maximum atomic E-state index is 12.5. The summed E-state index contributed by atoms with van der Waals surface area (Å²) in [5.74, 6) is 0.119. The van der Waals surface area contributed by atoms with Crippen LogP contribution in [0.15, 0.2) is 12.3 Å². The zero-order valence-corrected chi connectivity index (χ0v) is 12.0. The van der Waals surface area contributed by atoms with Gasteiger partial charge in [0.15, 0.2) is 0 Å². The number of nitrogens with one attached hydrogen (secondary N) is 1. The summed E-state index contributed by atoms with van der Waals surface area (Å²) in [7, 11) is 3.56. The molecule has 0 unspecified atom stereocenters. The number of nitrogens with zero attached hydrogens (tertiary/aromatic N) is 2. The molecule has 1 N–H and O–H groups in total. The van der Waals surface area contributed by atoms with Gasteiger partial charge in [0.05, 0.1) is 23.8 Å². The van der Waals surface area contributed by atoms with E-state index in [1.807, 2.05) is 17.8 Å². The molecule has 1 aromatic heterocycles. The summed E-state index contributed by atoms with van der Waals surface area (Å²) in [6, 6.07) is 1.98. The summed E-state index contributed by atoms with van der Waals surface area (Å²) in [5.41, 5.74) is 0.739. The average Bonchev–Trinajstić information content (AvgIpc) is 2.76. The van der Waals surface area contributed by atoms with Gasteiger partial charge in [0.2, 0.25) is 5.91 Å². The van der Waals surface area contributed by atoms with Crippen LogP contribution in [-0.4, -0.2) is 29.4 Å². The molecule has 1 aliphatic carbocycles. The number of hydrogen-bond acceptors (Lipinski definition) is 3. The number of hydrogen-bond donors (Lipinski definition) is 1. The first-order valence-electron chi connectivity index (χ1n) is 6.91. The minimum absolute atomic E-state index is 0.0225. The summed E-state index contributed by atoms with van der Waals surface area (Å²) in [6.07, 6.45) is 5.58. The minimum Gasteiger partial charge on any atom is -0.384 e. The highest BCUT2D eigenvalue weighted by atomic mass is 16.5. The topological polar surface area (TPSA) is 56.1 Å². The minimum atomic E-state index is -0.305. The molecule has 0 aliphatic heterocycles. The normalized spacial score (nSPS) is 18.7. The molecular weight excluding hydrogens is 242 g/mol. The second kappa shape index (κ2) is 5.74. The van der Waals surface area contributed by atoms with E-state index in [1.165, 1.54) is 0 Å². The average molecular weight is 265 g/mol. The van der Waals surface area contributed by atoms with Crippen molar-refractivity contribution >= 4 is 5.91 Å². The maximum Gasteiger partial charge on any atom is 0.229 e. The Morgan fingerprint density at radius 1 is 1.63 bits per heavy atom. The molecule has 1 aliphatic rings. The summed E-state index contributed by atoms with van der Waals surface area (Å²) >= 11 is 0. The Hall–Kier alpha value is -1.36. The van der Waals surface area contributed by atoms with Gasteiger partial charge in [0.25, 0.3) is 0 Å². The number of amides is 1. The quantitative estimate of drug-likeness (QED) is 0.853. The molecule has 2 rings (SSSR count). The molecule has 1 aromatic rings. The molecule has 5 heteroatoms. The Bertz CT molecular complexity index is 438. The number of aromatic nitrogens is 2. The van der Waals surface area contributed by atoms with Crippen LogP contribution >= 0.6 is 0 Å². The van der Waals surface area contributed by atoms with E-state index in [1.54, 1.807) is 13.3 Å². The molecule has 0 spiro atoms. The Morgan fingerprint density at radius 2 is 2.37 bits per heavy atom. The second-order valence-electron chi connectivity index (χ2n) is 5.38. The molecule has 1 heterocycles. The predicted octanol–water partition coefficient (Wildman–Crippen LogP) is 1.80. The van der Waals surface area contributed by atoms with Crippen molar-refractivity contribution in [2.45, 2.75) is 38.6 Å². The number of rotatable bonds is 6. The lowest BCUT2D eigenvalue weighted by molar-refractivity contribution is -0.141. The van der Waals surface area contributed by atoms with Crippen molar-refractivity contribution in [1.29, 1.82) is 0 Å². The fourth-order valence-corrected chi connectivity index (χ4v) is 2.74. The van der Waals surface area contributed by atoms with Crippen molar-refractivity contribution in [3.05, 3.63) is 18.0 Å². The number of methoxy groups -OCH3 is 1. The lowest BCUT2D eigenvalue weighted by Crippen LogP contribution is -2.49. The highest BCUT2D eigenvalue weighted by Crippen LogP contribution is 2.41. The van der Waals surface area contributed by atoms with E-state index in [4.69, 9.17) is 4.74 Å². The standard InChI is InChI=1S/C14H23N3O2/c1-4-11(12-6-9-15-17(12)2)16-13(18)14(10-19-3)7-5-8-14/h6,9,11H,4-5,7-8,10H2,1-3H3,(H,16,18)/t11-/m0/s1. The molecule has 1 fully saturated rings. The number of carbonyl (C=O) groups is 1. The zero-order chi connectivity index (χ0) is 13.9. The monoisotopic (exact) mass is 265 g/mol. The van der Waals surface area contributed by atoms with Crippen LogP contribution in [-0.2, 0) is 16.6 Å². The molecule has 1 saturated carbocycles. The highest BCUT2D eigenvalue weighted by molar-refractivity contribution is 5.84. The van der Waals surface area contributed by atoms with Gasteiger partial charge in [-0.25, -0.2) is 0 Å². The number of carbonyl (C=O) groups excluding carboxylic acids is 1. The highest BCUT2D eigenvalue weighted by Gasteiger charge is 2.44. The van der Waals surface area contributed by atoms with Crippen LogP contribution in [0.25, 0.3) is 0 Å². The zero-order valence-electron chi connectivity index (χ0n) is 12.0. The van der Waals surface area contributed by atoms with Gasteiger partial charge in [0.1, 0.15) is 0 Å². The van der Waals surface area contributed by atoms with Crippen molar-refractivity contribution in [3.8, 4) is 0 Å². The number of aryl methyl sites for hydroxylation is 1. The third-order valence-corrected chi connectivity index (χ3v) is 4.14. The van der Waals surface area contributed by atoms with Gasteiger partial charge < -0.3 is 10.1 Å². The fraction of sp³-hybridized carbons (Fsp3) is 0.714. The first-order valence-corrected chi connectivity index (χ1v) is 6.91. The van der Waals surface area contributed by atoms with E-state index in [9.17, 15) is 4.79 Å². The first-order chi connectivity index (χ1) is 9.13. The van der Waals surface area contributed by atoms with Crippen molar-refractivity contribution in [2.75, 3.05) is 13.7 Å². The van der Waals surface area contributed by atoms with E-state index in [0.29, 0.717) is 6.61 Å².